The lowest BCUT2D eigenvalue weighted by Gasteiger charge is -2.26. The molecule has 0 saturated heterocycles. The summed E-state index contributed by atoms with van der Waals surface area (Å²) in [5.74, 6) is -0.143. The number of aliphatic hydroxyl groups excluding tert-OH is 1. The summed E-state index contributed by atoms with van der Waals surface area (Å²) in [6.07, 6.45) is 69.6. The number of carbonyl (C=O) groups excluding carboxylic acids is 1. The van der Waals surface area contributed by atoms with Crippen LogP contribution in [-0.2, 0) is 18.4 Å². The highest BCUT2D eigenvalue weighted by molar-refractivity contribution is 7.47. The van der Waals surface area contributed by atoms with E-state index in [1.165, 1.54) is 250 Å². The van der Waals surface area contributed by atoms with Crippen molar-refractivity contribution < 1.29 is 32.9 Å². The molecule has 3 unspecified atom stereocenters. The van der Waals surface area contributed by atoms with Crippen molar-refractivity contribution >= 4 is 13.7 Å². The molecule has 0 bridgehead atoms. The molecule has 1 amide bonds. The fourth-order valence-electron chi connectivity index (χ4n) is 9.73. The van der Waals surface area contributed by atoms with Gasteiger partial charge in [0.1, 0.15) is 13.2 Å². The van der Waals surface area contributed by atoms with Crippen LogP contribution in [0, 0.1) is 0 Å². The minimum Gasteiger partial charge on any atom is -0.391 e. The number of rotatable bonds is 59. The van der Waals surface area contributed by atoms with Crippen LogP contribution in [0.15, 0.2) is 24.3 Å². The van der Waals surface area contributed by atoms with Crippen LogP contribution in [0.1, 0.15) is 322 Å². The Labute approximate surface area is 449 Å². The number of phosphoric acid groups is 1. The van der Waals surface area contributed by atoms with Crippen molar-refractivity contribution in [3.8, 4) is 0 Å². The van der Waals surface area contributed by atoms with Crippen molar-refractivity contribution in [2.75, 3.05) is 40.9 Å². The highest BCUT2D eigenvalue weighted by Gasteiger charge is 2.28. The van der Waals surface area contributed by atoms with E-state index in [1.807, 2.05) is 21.1 Å². The number of unbranched alkanes of at least 4 members (excludes halogenated alkanes) is 42. The van der Waals surface area contributed by atoms with E-state index < -0.39 is 20.0 Å². The zero-order chi connectivity index (χ0) is 52.7. The maximum atomic E-state index is 13.0. The van der Waals surface area contributed by atoms with Crippen molar-refractivity contribution in [3.05, 3.63) is 24.3 Å². The van der Waals surface area contributed by atoms with Gasteiger partial charge in [0.2, 0.25) is 5.91 Å². The molecule has 9 heteroatoms. The van der Waals surface area contributed by atoms with Gasteiger partial charge in [-0.3, -0.25) is 13.8 Å². The summed E-state index contributed by atoms with van der Waals surface area (Å²) in [6.45, 7) is 4.94. The molecule has 0 fully saturated rings. The average Bonchev–Trinajstić information content (AvgIpc) is 3.34. The van der Waals surface area contributed by atoms with Crippen LogP contribution in [-0.4, -0.2) is 73.4 Å². The smallest absolute Gasteiger partial charge is 0.391 e. The first-order valence-electron chi connectivity index (χ1n) is 31.7. The van der Waals surface area contributed by atoms with Crippen molar-refractivity contribution in [2.24, 2.45) is 0 Å². The lowest BCUT2D eigenvalue weighted by Crippen LogP contribution is -2.46. The molecule has 0 spiro atoms. The van der Waals surface area contributed by atoms with Gasteiger partial charge in [-0.1, -0.05) is 295 Å². The molecule has 0 aromatic rings. The van der Waals surface area contributed by atoms with Crippen molar-refractivity contribution in [3.63, 3.8) is 0 Å². The highest BCUT2D eigenvalue weighted by Crippen LogP contribution is 2.43. The number of likely N-dealkylation sites (N-methyl/N-ethyl adjacent to an activating group) is 1. The summed E-state index contributed by atoms with van der Waals surface area (Å²) in [4.78, 5) is 23.4. The topological polar surface area (TPSA) is 105 Å². The van der Waals surface area contributed by atoms with Crippen molar-refractivity contribution in [1.82, 2.24) is 5.32 Å². The monoisotopic (exact) mass is 1040 g/mol. The van der Waals surface area contributed by atoms with Gasteiger partial charge in [-0.25, -0.2) is 4.57 Å². The second-order valence-electron chi connectivity index (χ2n) is 23.1. The van der Waals surface area contributed by atoms with E-state index in [-0.39, 0.29) is 19.1 Å². The zero-order valence-electron chi connectivity index (χ0n) is 48.9. The van der Waals surface area contributed by atoms with Crippen LogP contribution >= 0.6 is 7.82 Å². The third kappa shape index (κ3) is 56.7. The number of hydrogen-bond acceptors (Lipinski definition) is 5. The summed E-state index contributed by atoms with van der Waals surface area (Å²) < 4.78 is 23.8. The Morgan fingerprint density at radius 1 is 0.472 bits per heavy atom. The maximum absolute atomic E-state index is 13.0. The summed E-state index contributed by atoms with van der Waals surface area (Å²) in [5, 5.41) is 14.1. The predicted molar refractivity (Wildman–Crippen MR) is 314 cm³/mol. The Hall–Kier alpha value is -1.02. The Morgan fingerprint density at radius 2 is 0.792 bits per heavy atom. The van der Waals surface area contributed by atoms with E-state index in [0.29, 0.717) is 23.9 Å². The molecule has 0 aromatic carbocycles. The Morgan fingerprint density at radius 3 is 1.14 bits per heavy atom. The molecule has 0 aliphatic heterocycles. The number of amides is 1. The van der Waals surface area contributed by atoms with Gasteiger partial charge in [0.15, 0.2) is 0 Å². The maximum Gasteiger partial charge on any atom is 0.472 e. The second-order valence-corrected chi connectivity index (χ2v) is 24.6. The van der Waals surface area contributed by atoms with Gasteiger partial charge in [-0.15, -0.1) is 0 Å². The first-order chi connectivity index (χ1) is 35.0. The number of quaternary nitrogens is 1. The Balaban J connectivity index is 4.11. The summed E-state index contributed by atoms with van der Waals surface area (Å²) in [5.41, 5.74) is 0. The molecule has 0 aliphatic carbocycles. The third-order valence-electron chi connectivity index (χ3n) is 14.7. The van der Waals surface area contributed by atoms with E-state index >= 15 is 0 Å². The van der Waals surface area contributed by atoms with Crippen LogP contribution in [0.25, 0.3) is 0 Å². The van der Waals surface area contributed by atoms with Crippen LogP contribution in [0.4, 0.5) is 0 Å². The molecule has 8 nitrogen and oxygen atoms in total. The van der Waals surface area contributed by atoms with Gasteiger partial charge in [0.25, 0.3) is 0 Å². The molecule has 0 saturated carbocycles. The first kappa shape index (κ1) is 71.0. The summed E-state index contributed by atoms with van der Waals surface area (Å²) >= 11 is 0. The lowest BCUT2D eigenvalue weighted by atomic mass is 10.0. The molecular weight excluding hydrogens is 912 g/mol. The van der Waals surface area contributed by atoms with E-state index in [0.717, 1.165) is 44.9 Å². The summed E-state index contributed by atoms with van der Waals surface area (Å²) in [6, 6.07) is -0.763. The predicted octanol–water partition coefficient (Wildman–Crippen LogP) is 19.5. The van der Waals surface area contributed by atoms with Gasteiger partial charge >= 0.3 is 7.82 Å². The number of nitrogens with zero attached hydrogens (tertiary/aromatic N) is 1. The Kier molecular flexibility index (Phi) is 54.0. The summed E-state index contributed by atoms with van der Waals surface area (Å²) in [7, 11) is 1.63. The third-order valence-corrected chi connectivity index (χ3v) is 15.7. The molecule has 428 valence electrons. The van der Waals surface area contributed by atoms with Gasteiger partial charge < -0.3 is 19.8 Å². The van der Waals surface area contributed by atoms with E-state index in [1.54, 1.807) is 0 Å². The minimum atomic E-state index is -4.33. The highest BCUT2D eigenvalue weighted by atomic mass is 31.2. The van der Waals surface area contributed by atoms with Crippen LogP contribution in [0.3, 0.4) is 0 Å². The second kappa shape index (κ2) is 54.8. The lowest BCUT2D eigenvalue weighted by molar-refractivity contribution is -0.870. The number of aliphatic hydroxyl groups is 1. The first-order valence-corrected chi connectivity index (χ1v) is 33.2. The molecular formula is C63H126N2O6P+. The number of carbonyl (C=O) groups is 1. The van der Waals surface area contributed by atoms with Crippen molar-refractivity contribution in [1.29, 1.82) is 0 Å². The van der Waals surface area contributed by atoms with Gasteiger partial charge in [-0.2, -0.15) is 0 Å². The van der Waals surface area contributed by atoms with Crippen LogP contribution in [0.2, 0.25) is 0 Å². The number of nitrogens with one attached hydrogen (secondary N) is 1. The zero-order valence-corrected chi connectivity index (χ0v) is 49.8. The number of hydrogen-bond donors (Lipinski definition) is 3. The Bertz CT molecular complexity index is 1220. The number of phosphoric ester groups is 1. The van der Waals surface area contributed by atoms with E-state index in [2.05, 4.69) is 43.5 Å². The number of allylic oxidation sites excluding steroid dienone is 4. The van der Waals surface area contributed by atoms with Crippen LogP contribution in [0.5, 0.6) is 0 Å². The normalized spacial score (nSPS) is 13.9. The quantitative estimate of drug-likeness (QED) is 0.0243. The SMILES string of the molecule is CCCCCCCCCCC/C=C\C/C=C\CCCCCCCCCCCC(=O)NC(COP(=O)(O)OCC[N+](C)(C)C)C(O)CCCCCCCCCCCCCCCCCCCCCCCCCCC. The fourth-order valence-corrected chi connectivity index (χ4v) is 10.5. The van der Waals surface area contributed by atoms with Gasteiger partial charge in [0.05, 0.1) is 39.9 Å². The molecule has 0 aliphatic rings. The molecule has 0 radical (unpaired) electrons. The average molecular weight is 1040 g/mol. The molecule has 72 heavy (non-hydrogen) atoms. The standard InChI is InChI=1S/C63H125N2O6P/c1-6-8-10-12-14-16-18-20-22-24-26-28-30-32-34-36-38-40-42-44-46-48-50-52-54-56-62(66)61(60-71-72(68,69)70-59-58-65(3,4)5)64-63(67)57-55-53-51-49-47-45-43-41-39-37-35-33-31-29-27-25-23-21-19-17-15-13-11-9-7-2/h27,29,33,35,61-62,66H,6-26,28,30-32,34,36-60H2,1-5H3,(H-,64,67,68,69)/p+1/b29-27-,35-33-. The van der Waals surface area contributed by atoms with Gasteiger partial charge in [-0.05, 0) is 44.9 Å². The van der Waals surface area contributed by atoms with Crippen LogP contribution < -0.4 is 5.32 Å². The largest absolute Gasteiger partial charge is 0.472 e. The molecule has 3 atom stereocenters. The fraction of sp³-hybridized carbons (Fsp3) is 0.921. The van der Waals surface area contributed by atoms with Crippen molar-refractivity contribution in [2.45, 2.75) is 334 Å². The minimum absolute atomic E-state index is 0.0752. The molecule has 0 aromatic heterocycles. The van der Waals surface area contributed by atoms with E-state index in [9.17, 15) is 19.4 Å². The van der Waals surface area contributed by atoms with E-state index in [4.69, 9.17) is 9.05 Å². The molecule has 3 N–H and O–H groups in total. The van der Waals surface area contributed by atoms with Gasteiger partial charge in [0, 0.05) is 6.42 Å². The molecule has 0 heterocycles. The molecule has 0 rings (SSSR count).